The van der Waals surface area contributed by atoms with Crippen LogP contribution in [-0.2, 0) is 10.9 Å². The molecular weight excluding hydrogens is 492 g/mol. The molecule has 0 spiro atoms. The molecule has 1 saturated heterocycles. The highest BCUT2D eigenvalue weighted by molar-refractivity contribution is 6.35. The fourth-order valence-electron chi connectivity index (χ4n) is 3.57. The van der Waals surface area contributed by atoms with Crippen LogP contribution < -0.4 is 10.2 Å². The highest BCUT2D eigenvalue weighted by Crippen LogP contribution is 2.39. The summed E-state index contributed by atoms with van der Waals surface area (Å²) in [6, 6.07) is 7.09. The van der Waals surface area contributed by atoms with E-state index in [1.54, 1.807) is 4.90 Å². The van der Waals surface area contributed by atoms with Gasteiger partial charge in [-0.15, -0.1) is 0 Å². The van der Waals surface area contributed by atoms with Crippen molar-refractivity contribution < 1.29 is 32.2 Å². The number of Topliss-reactive ketones (excluding diaryl/α,β-unsaturated/α-hetero) is 1. The third-order valence-corrected chi connectivity index (χ3v) is 5.74. The molecule has 1 aliphatic heterocycles. The molecule has 0 atom stereocenters. The first kappa shape index (κ1) is 24.7. The van der Waals surface area contributed by atoms with Gasteiger partial charge in [0.1, 0.15) is 5.75 Å². The standard InChI is InChI=1S/C23H19ClF4N4O3/c24-19-15(13-2-1-3-14(10-13)23(26,27)28)4-5-16(20(19)34)18(33)12-30-22-29-11-17(25)21(31-22)32-6-8-35-9-7-32/h1-5,10-11,34H,6-9,12H2,(H,29,30,31). The number of benzene rings is 2. The van der Waals surface area contributed by atoms with Gasteiger partial charge < -0.3 is 20.1 Å². The molecule has 2 aromatic carbocycles. The molecule has 0 bridgehead atoms. The van der Waals surface area contributed by atoms with Crippen molar-refractivity contribution in [3.8, 4) is 16.9 Å². The molecule has 184 valence electrons. The maximum absolute atomic E-state index is 14.2. The summed E-state index contributed by atoms with van der Waals surface area (Å²) >= 11 is 6.20. The maximum Gasteiger partial charge on any atom is 0.416 e. The molecule has 1 aliphatic rings. The number of anilines is 2. The van der Waals surface area contributed by atoms with E-state index in [0.29, 0.717) is 26.3 Å². The number of morpholine rings is 1. The summed E-state index contributed by atoms with van der Waals surface area (Å²) in [6.07, 6.45) is -3.56. The minimum absolute atomic E-state index is 0.00687. The van der Waals surface area contributed by atoms with Crippen LogP contribution in [0.15, 0.2) is 42.6 Å². The van der Waals surface area contributed by atoms with Crippen molar-refractivity contribution in [3.05, 3.63) is 64.6 Å². The zero-order valence-electron chi connectivity index (χ0n) is 18.1. The van der Waals surface area contributed by atoms with E-state index in [9.17, 15) is 27.5 Å². The Morgan fingerprint density at radius 3 is 2.66 bits per heavy atom. The number of hydrogen-bond donors (Lipinski definition) is 2. The normalized spacial score (nSPS) is 14.1. The lowest BCUT2D eigenvalue weighted by molar-refractivity contribution is -0.137. The van der Waals surface area contributed by atoms with Crippen LogP contribution in [0.3, 0.4) is 0 Å². The number of nitrogens with zero attached hydrogens (tertiary/aromatic N) is 3. The number of ketones is 1. The molecule has 1 fully saturated rings. The van der Waals surface area contributed by atoms with Gasteiger partial charge in [0.25, 0.3) is 0 Å². The van der Waals surface area contributed by atoms with Crippen molar-refractivity contribution in [1.82, 2.24) is 9.97 Å². The second-order valence-electron chi connectivity index (χ2n) is 7.64. The SMILES string of the molecule is O=C(CNc1ncc(F)c(N2CCOCC2)n1)c1ccc(-c2cccc(C(F)(F)F)c2)c(Cl)c1O. The number of phenols is 1. The monoisotopic (exact) mass is 510 g/mol. The molecule has 0 amide bonds. The predicted octanol–water partition coefficient (Wildman–Crippen LogP) is 4.79. The number of hydrogen-bond acceptors (Lipinski definition) is 7. The first-order valence-corrected chi connectivity index (χ1v) is 10.8. The lowest BCUT2D eigenvalue weighted by atomic mass is 9.99. The van der Waals surface area contributed by atoms with Crippen molar-refractivity contribution in [3.63, 3.8) is 0 Å². The number of ether oxygens (including phenoxy) is 1. The van der Waals surface area contributed by atoms with E-state index in [2.05, 4.69) is 15.3 Å². The minimum atomic E-state index is -4.55. The quantitative estimate of drug-likeness (QED) is 0.364. The Hall–Kier alpha value is -3.44. The zero-order valence-corrected chi connectivity index (χ0v) is 18.8. The topological polar surface area (TPSA) is 87.6 Å². The number of alkyl halides is 3. The second-order valence-corrected chi connectivity index (χ2v) is 8.02. The molecule has 12 heteroatoms. The van der Waals surface area contributed by atoms with Crippen molar-refractivity contribution in [2.75, 3.05) is 43.1 Å². The predicted molar refractivity (Wildman–Crippen MR) is 121 cm³/mol. The van der Waals surface area contributed by atoms with Crippen LogP contribution in [-0.4, -0.2) is 53.7 Å². The van der Waals surface area contributed by atoms with E-state index >= 15 is 0 Å². The van der Waals surface area contributed by atoms with Crippen LogP contribution in [0, 0.1) is 5.82 Å². The van der Waals surface area contributed by atoms with Gasteiger partial charge in [0.2, 0.25) is 5.95 Å². The molecule has 3 aromatic rings. The van der Waals surface area contributed by atoms with Gasteiger partial charge in [0.05, 0.1) is 42.1 Å². The van der Waals surface area contributed by atoms with E-state index in [1.807, 2.05) is 0 Å². The average Bonchev–Trinajstić information content (AvgIpc) is 2.85. The number of phenolic OH excluding ortho intramolecular Hbond substituents is 1. The molecular formula is C23H19ClF4N4O3. The number of rotatable bonds is 6. The third kappa shape index (κ3) is 5.46. The van der Waals surface area contributed by atoms with Gasteiger partial charge >= 0.3 is 6.18 Å². The molecule has 2 N–H and O–H groups in total. The Morgan fingerprint density at radius 2 is 1.94 bits per heavy atom. The van der Waals surface area contributed by atoms with Gasteiger partial charge in [-0.25, -0.2) is 9.37 Å². The minimum Gasteiger partial charge on any atom is -0.506 e. The summed E-state index contributed by atoms with van der Waals surface area (Å²) in [5, 5.41) is 12.9. The fourth-order valence-corrected chi connectivity index (χ4v) is 3.84. The first-order chi connectivity index (χ1) is 16.6. The molecule has 0 saturated carbocycles. The summed E-state index contributed by atoms with van der Waals surface area (Å²) in [6.45, 7) is 1.43. The lowest BCUT2D eigenvalue weighted by Crippen LogP contribution is -2.37. The van der Waals surface area contributed by atoms with E-state index in [4.69, 9.17) is 16.3 Å². The van der Waals surface area contributed by atoms with Crippen LogP contribution >= 0.6 is 11.6 Å². The molecule has 35 heavy (non-hydrogen) atoms. The molecule has 0 aliphatic carbocycles. The van der Waals surface area contributed by atoms with Crippen molar-refractivity contribution >= 4 is 29.2 Å². The van der Waals surface area contributed by atoms with Crippen LogP contribution in [0.5, 0.6) is 5.75 Å². The van der Waals surface area contributed by atoms with E-state index in [-0.39, 0.29) is 40.0 Å². The van der Waals surface area contributed by atoms with Gasteiger partial charge in [0.15, 0.2) is 17.4 Å². The van der Waals surface area contributed by atoms with Gasteiger partial charge in [0, 0.05) is 18.7 Å². The number of carbonyl (C=O) groups is 1. The van der Waals surface area contributed by atoms with Crippen LogP contribution in [0.4, 0.5) is 29.3 Å². The molecule has 4 rings (SSSR count). The lowest BCUT2D eigenvalue weighted by Gasteiger charge is -2.28. The molecule has 2 heterocycles. The number of aromatic hydroxyl groups is 1. The Bertz CT molecular complexity index is 1250. The highest BCUT2D eigenvalue weighted by Gasteiger charge is 2.31. The summed E-state index contributed by atoms with van der Waals surface area (Å²) in [4.78, 5) is 22.3. The Kier molecular flexibility index (Phi) is 7.08. The van der Waals surface area contributed by atoms with E-state index in [0.717, 1.165) is 18.3 Å². The van der Waals surface area contributed by atoms with Crippen molar-refractivity contribution in [2.45, 2.75) is 6.18 Å². The molecule has 7 nitrogen and oxygen atoms in total. The largest absolute Gasteiger partial charge is 0.506 e. The second kappa shape index (κ2) is 10.0. The average molecular weight is 511 g/mol. The number of halogens is 5. The first-order valence-electron chi connectivity index (χ1n) is 10.5. The smallest absolute Gasteiger partial charge is 0.416 e. The fraction of sp³-hybridized carbons (Fsp3) is 0.261. The summed E-state index contributed by atoms with van der Waals surface area (Å²) < 4.78 is 58.5. The van der Waals surface area contributed by atoms with Crippen LogP contribution in [0.25, 0.3) is 11.1 Å². The number of nitrogens with one attached hydrogen (secondary N) is 1. The van der Waals surface area contributed by atoms with Crippen molar-refractivity contribution in [2.24, 2.45) is 0 Å². The van der Waals surface area contributed by atoms with E-state index in [1.165, 1.54) is 24.3 Å². The van der Waals surface area contributed by atoms with Crippen LogP contribution in [0.2, 0.25) is 5.02 Å². The molecule has 1 aromatic heterocycles. The van der Waals surface area contributed by atoms with Gasteiger partial charge in [-0.1, -0.05) is 29.8 Å². The van der Waals surface area contributed by atoms with Crippen LogP contribution in [0.1, 0.15) is 15.9 Å². The van der Waals surface area contributed by atoms with Gasteiger partial charge in [-0.3, -0.25) is 4.79 Å². The molecule has 0 radical (unpaired) electrons. The van der Waals surface area contributed by atoms with Crippen molar-refractivity contribution in [1.29, 1.82) is 0 Å². The maximum atomic E-state index is 14.2. The van der Waals surface area contributed by atoms with Gasteiger partial charge in [-0.05, 0) is 23.8 Å². The third-order valence-electron chi connectivity index (χ3n) is 5.36. The molecule has 0 unspecified atom stereocenters. The zero-order chi connectivity index (χ0) is 25.2. The summed E-state index contributed by atoms with van der Waals surface area (Å²) in [5.74, 6) is -1.68. The summed E-state index contributed by atoms with van der Waals surface area (Å²) in [7, 11) is 0. The Balaban J connectivity index is 1.51. The Labute approximate surface area is 202 Å². The highest BCUT2D eigenvalue weighted by atomic mass is 35.5. The number of aromatic nitrogens is 2. The number of carbonyl (C=O) groups excluding carboxylic acids is 1. The van der Waals surface area contributed by atoms with Gasteiger partial charge in [-0.2, -0.15) is 18.2 Å². The van der Waals surface area contributed by atoms with E-state index < -0.39 is 29.1 Å². The summed E-state index contributed by atoms with van der Waals surface area (Å²) in [5.41, 5.74) is -0.746. The Morgan fingerprint density at radius 1 is 1.20 bits per heavy atom.